The van der Waals surface area contributed by atoms with E-state index < -0.39 is 0 Å². The predicted octanol–water partition coefficient (Wildman–Crippen LogP) is 2.84. The Kier molecular flexibility index (Phi) is 6.02. The van der Waals surface area contributed by atoms with Gasteiger partial charge >= 0.3 is 0 Å². The van der Waals surface area contributed by atoms with Crippen molar-refractivity contribution in [2.24, 2.45) is 0 Å². The maximum Gasteiger partial charge on any atom is 0.0622 e. The van der Waals surface area contributed by atoms with E-state index >= 15 is 0 Å². The highest BCUT2D eigenvalue weighted by atomic mass is 16.5. The lowest BCUT2D eigenvalue weighted by molar-refractivity contribution is -0.0338. The smallest absolute Gasteiger partial charge is 0.0622 e. The minimum absolute atomic E-state index is 0.383. The summed E-state index contributed by atoms with van der Waals surface area (Å²) in [4.78, 5) is 2.61. The molecule has 0 saturated carbocycles. The highest BCUT2D eigenvalue weighted by molar-refractivity contribution is 5.20. The van der Waals surface area contributed by atoms with Gasteiger partial charge in [0.25, 0.3) is 0 Å². The Morgan fingerprint density at radius 3 is 2.70 bits per heavy atom. The van der Waals surface area contributed by atoms with Crippen LogP contribution in [0.25, 0.3) is 0 Å². The summed E-state index contributed by atoms with van der Waals surface area (Å²) in [5.74, 6) is 0. The molecule has 1 saturated heterocycles. The summed E-state index contributed by atoms with van der Waals surface area (Å²) in [6.07, 6.45) is 1.15. The third-order valence-electron chi connectivity index (χ3n) is 4.33. The molecule has 0 bridgehead atoms. The van der Waals surface area contributed by atoms with E-state index in [4.69, 9.17) is 4.74 Å². The first-order chi connectivity index (χ1) is 9.77. The molecule has 1 aliphatic rings. The van der Waals surface area contributed by atoms with Crippen LogP contribution in [0.5, 0.6) is 0 Å². The number of hydrogen-bond donors (Lipinski definition) is 1. The van der Waals surface area contributed by atoms with Crippen molar-refractivity contribution < 1.29 is 4.74 Å². The molecule has 0 spiro atoms. The van der Waals surface area contributed by atoms with Crippen molar-refractivity contribution >= 4 is 0 Å². The van der Waals surface area contributed by atoms with E-state index in [-0.39, 0.29) is 0 Å². The molecular formula is C17H28N2O. The van der Waals surface area contributed by atoms with Gasteiger partial charge in [-0.3, -0.25) is 4.90 Å². The first-order valence-electron chi connectivity index (χ1n) is 7.89. The number of benzene rings is 1. The SMILES string of the molecule is CCNC(c1ccccc1)C(C)N1CCOCC1CC. The summed E-state index contributed by atoms with van der Waals surface area (Å²) >= 11 is 0. The molecule has 3 atom stereocenters. The van der Waals surface area contributed by atoms with E-state index in [1.54, 1.807) is 0 Å². The van der Waals surface area contributed by atoms with Crippen molar-refractivity contribution in [2.75, 3.05) is 26.3 Å². The highest BCUT2D eigenvalue weighted by Gasteiger charge is 2.30. The van der Waals surface area contributed by atoms with E-state index in [0.29, 0.717) is 18.1 Å². The van der Waals surface area contributed by atoms with Crippen LogP contribution in [0.4, 0.5) is 0 Å². The lowest BCUT2D eigenvalue weighted by Gasteiger charge is -2.42. The van der Waals surface area contributed by atoms with Gasteiger partial charge in [-0.05, 0) is 25.5 Å². The second-order valence-electron chi connectivity index (χ2n) is 5.56. The fourth-order valence-corrected chi connectivity index (χ4v) is 3.19. The minimum Gasteiger partial charge on any atom is -0.378 e. The van der Waals surface area contributed by atoms with Crippen LogP contribution in [-0.2, 0) is 4.74 Å². The molecule has 0 aromatic heterocycles. The van der Waals surface area contributed by atoms with Crippen LogP contribution < -0.4 is 5.32 Å². The van der Waals surface area contributed by atoms with Gasteiger partial charge in [-0.15, -0.1) is 0 Å². The molecule has 3 unspecified atom stereocenters. The number of nitrogens with one attached hydrogen (secondary N) is 1. The van der Waals surface area contributed by atoms with Crippen LogP contribution in [-0.4, -0.2) is 43.3 Å². The molecule has 1 heterocycles. The van der Waals surface area contributed by atoms with Gasteiger partial charge < -0.3 is 10.1 Å². The number of nitrogens with zero attached hydrogens (tertiary/aromatic N) is 1. The van der Waals surface area contributed by atoms with Gasteiger partial charge in [0.1, 0.15) is 0 Å². The Labute approximate surface area is 123 Å². The Balaban J connectivity index is 2.15. The topological polar surface area (TPSA) is 24.5 Å². The van der Waals surface area contributed by atoms with E-state index in [9.17, 15) is 0 Å². The van der Waals surface area contributed by atoms with E-state index in [2.05, 4.69) is 61.3 Å². The van der Waals surface area contributed by atoms with Crippen molar-refractivity contribution in [3.8, 4) is 0 Å². The zero-order valence-corrected chi connectivity index (χ0v) is 13.0. The van der Waals surface area contributed by atoms with Gasteiger partial charge in [0.15, 0.2) is 0 Å². The molecule has 3 heteroatoms. The molecule has 1 aromatic carbocycles. The monoisotopic (exact) mass is 276 g/mol. The molecule has 1 aliphatic heterocycles. The first kappa shape index (κ1) is 15.5. The molecule has 1 N–H and O–H groups in total. The van der Waals surface area contributed by atoms with Crippen LogP contribution in [0.1, 0.15) is 38.8 Å². The largest absolute Gasteiger partial charge is 0.378 e. The van der Waals surface area contributed by atoms with Crippen molar-refractivity contribution in [3.05, 3.63) is 35.9 Å². The van der Waals surface area contributed by atoms with Crippen molar-refractivity contribution in [3.63, 3.8) is 0 Å². The number of morpholine rings is 1. The molecule has 2 rings (SSSR count). The fourth-order valence-electron chi connectivity index (χ4n) is 3.19. The second-order valence-corrected chi connectivity index (χ2v) is 5.56. The lowest BCUT2D eigenvalue weighted by atomic mass is 9.97. The third-order valence-corrected chi connectivity index (χ3v) is 4.33. The summed E-state index contributed by atoms with van der Waals surface area (Å²) < 4.78 is 5.64. The summed E-state index contributed by atoms with van der Waals surface area (Å²) in [7, 11) is 0. The number of likely N-dealkylation sites (N-methyl/N-ethyl adjacent to an activating group) is 1. The van der Waals surface area contributed by atoms with Crippen LogP contribution in [0.2, 0.25) is 0 Å². The first-order valence-corrected chi connectivity index (χ1v) is 7.89. The van der Waals surface area contributed by atoms with Gasteiger partial charge in [-0.25, -0.2) is 0 Å². The van der Waals surface area contributed by atoms with Crippen molar-refractivity contribution in [2.45, 2.75) is 45.3 Å². The lowest BCUT2D eigenvalue weighted by Crippen LogP contribution is -2.53. The summed E-state index contributed by atoms with van der Waals surface area (Å²) in [5.41, 5.74) is 1.38. The molecule has 1 aromatic rings. The fraction of sp³-hybridized carbons (Fsp3) is 0.647. The van der Waals surface area contributed by atoms with Gasteiger partial charge in [-0.1, -0.05) is 44.2 Å². The van der Waals surface area contributed by atoms with Crippen molar-refractivity contribution in [1.82, 2.24) is 10.2 Å². The zero-order chi connectivity index (χ0) is 14.4. The van der Waals surface area contributed by atoms with Crippen LogP contribution >= 0.6 is 0 Å². The Bertz CT molecular complexity index is 382. The molecular weight excluding hydrogens is 248 g/mol. The number of hydrogen-bond acceptors (Lipinski definition) is 3. The maximum atomic E-state index is 5.64. The molecule has 0 radical (unpaired) electrons. The van der Waals surface area contributed by atoms with Crippen LogP contribution in [0, 0.1) is 0 Å². The maximum absolute atomic E-state index is 5.64. The Morgan fingerprint density at radius 1 is 1.30 bits per heavy atom. The molecule has 1 fully saturated rings. The average molecular weight is 276 g/mol. The Hall–Kier alpha value is -0.900. The van der Waals surface area contributed by atoms with Crippen LogP contribution in [0.15, 0.2) is 30.3 Å². The Morgan fingerprint density at radius 2 is 2.05 bits per heavy atom. The van der Waals surface area contributed by atoms with Gasteiger partial charge in [0.05, 0.1) is 13.2 Å². The molecule has 20 heavy (non-hydrogen) atoms. The molecule has 3 nitrogen and oxygen atoms in total. The summed E-state index contributed by atoms with van der Waals surface area (Å²) in [6, 6.07) is 12.2. The quantitative estimate of drug-likeness (QED) is 0.864. The average Bonchev–Trinajstić information content (AvgIpc) is 2.52. The van der Waals surface area contributed by atoms with Gasteiger partial charge in [0, 0.05) is 24.7 Å². The predicted molar refractivity (Wildman–Crippen MR) is 83.9 cm³/mol. The van der Waals surface area contributed by atoms with Gasteiger partial charge in [-0.2, -0.15) is 0 Å². The number of rotatable bonds is 6. The highest BCUT2D eigenvalue weighted by Crippen LogP contribution is 2.24. The summed E-state index contributed by atoms with van der Waals surface area (Å²) in [6.45, 7) is 10.5. The number of ether oxygens (including phenoxy) is 1. The molecule has 112 valence electrons. The summed E-state index contributed by atoms with van der Waals surface area (Å²) in [5, 5.41) is 3.66. The molecule has 0 amide bonds. The van der Waals surface area contributed by atoms with E-state index in [1.807, 2.05) is 0 Å². The van der Waals surface area contributed by atoms with Crippen molar-refractivity contribution in [1.29, 1.82) is 0 Å². The zero-order valence-electron chi connectivity index (χ0n) is 13.0. The second kappa shape index (κ2) is 7.77. The van der Waals surface area contributed by atoms with E-state index in [1.165, 1.54) is 5.56 Å². The minimum atomic E-state index is 0.383. The normalized spacial score (nSPS) is 23.4. The van der Waals surface area contributed by atoms with Gasteiger partial charge in [0.2, 0.25) is 0 Å². The van der Waals surface area contributed by atoms with E-state index in [0.717, 1.165) is 32.7 Å². The third kappa shape index (κ3) is 3.60. The van der Waals surface area contributed by atoms with Crippen LogP contribution in [0.3, 0.4) is 0 Å². The molecule has 0 aliphatic carbocycles. The standard InChI is InChI=1S/C17H28N2O/c1-4-16-13-20-12-11-19(16)14(3)17(18-5-2)15-9-7-6-8-10-15/h6-10,14,16-18H,4-5,11-13H2,1-3H3.